The Labute approximate surface area is 173 Å². The predicted molar refractivity (Wildman–Crippen MR) is 114 cm³/mol. The van der Waals surface area contributed by atoms with Gasteiger partial charge in [0, 0.05) is 19.5 Å². The smallest absolute Gasteiger partial charge is 0.247 e. The largest absolute Gasteiger partial charge is 0.354 e. The molecule has 0 radical (unpaired) electrons. The van der Waals surface area contributed by atoms with Crippen LogP contribution in [0.15, 0.2) is 54.6 Å². The first-order valence-electron chi connectivity index (χ1n) is 10.3. The van der Waals surface area contributed by atoms with Gasteiger partial charge in [0.2, 0.25) is 11.8 Å². The highest BCUT2D eigenvalue weighted by Gasteiger charge is 2.30. The predicted octanol–water partition coefficient (Wildman–Crippen LogP) is 4.86. The van der Waals surface area contributed by atoms with Crippen LogP contribution in [0.1, 0.15) is 57.2 Å². The molecular weight excluding hydrogens is 367 g/mol. The molecule has 0 aromatic heterocycles. The maximum Gasteiger partial charge on any atom is 0.247 e. The van der Waals surface area contributed by atoms with Crippen LogP contribution in [0.3, 0.4) is 0 Å². The number of halogens is 1. The molecule has 2 aromatic rings. The number of nitrogens with one attached hydrogen (secondary N) is 1. The van der Waals surface area contributed by atoms with Crippen molar-refractivity contribution in [2.24, 2.45) is 5.92 Å². The van der Waals surface area contributed by atoms with Gasteiger partial charge < -0.3 is 10.2 Å². The highest BCUT2D eigenvalue weighted by atomic mass is 19.1. The highest BCUT2D eigenvalue weighted by molar-refractivity contribution is 5.88. The number of rotatable bonds is 10. The second-order valence-electron chi connectivity index (χ2n) is 7.68. The van der Waals surface area contributed by atoms with Gasteiger partial charge >= 0.3 is 0 Å². The van der Waals surface area contributed by atoms with Crippen LogP contribution in [0, 0.1) is 11.7 Å². The number of carbonyl (C=O) groups excluding carboxylic acids is 2. The summed E-state index contributed by atoms with van der Waals surface area (Å²) in [5.74, 6) is -0.137. The second kappa shape index (κ2) is 11.3. The molecule has 29 heavy (non-hydrogen) atoms. The van der Waals surface area contributed by atoms with Crippen molar-refractivity contribution in [3.8, 4) is 0 Å². The lowest BCUT2D eigenvalue weighted by Gasteiger charge is -2.32. The van der Waals surface area contributed by atoms with Gasteiger partial charge in [0.15, 0.2) is 0 Å². The highest BCUT2D eigenvalue weighted by Crippen LogP contribution is 2.25. The average Bonchev–Trinajstić information content (AvgIpc) is 2.69. The fourth-order valence-corrected chi connectivity index (χ4v) is 3.16. The van der Waals surface area contributed by atoms with Crippen molar-refractivity contribution < 1.29 is 14.0 Å². The zero-order chi connectivity index (χ0) is 21.2. The van der Waals surface area contributed by atoms with Crippen molar-refractivity contribution in [2.75, 3.05) is 6.54 Å². The van der Waals surface area contributed by atoms with E-state index in [4.69, 9.17) is 0 Å². The summed E-state index contributed by atoms with van der Waals surface area (Å²) in [6.07, 6.45) is 1.91. The molecule has 0 saturated heterocycles. The zero-order valence-corrected chi connectivity index (χ0v) is 17.5. The number of nitrogens with zero attached hydrogens (tertiary/aromatic N) is 1. The monoisotopic (exact) mass is 398 g/mol. The molecular formula is C24H31FN2O2. The normalized spacial score (nSPS) is 11.9. The molecule has 1 N–H and O–H groups in total. The van der Waals surface area contributed by atoms with Crippen LogP contribution in [0.5, 0.6) is 0 Å². The van der Waals surface area contributed by atoms with Gasteiger partial charge in [-0.2, -0.15) is 0 Å². The maximum atomic E-state index is 13.3. The maximum absolute atomic E-state index is 13.3. The van der Waals surface area contributed by atoms with Gasteiger partial charge in [0.05, 0.1) is 0 Å². The third-order valence-electron chi connectivity index (χ3n) is 4.75. The van der Waals surface area contributed by atoms with E-state index in [1.165, 1.54) is 12.1 Å². The fraction of sp³-hybridized carbons (Fsp3) is 0.417. The first-order valence-corrected chi connectivity index (χ1v) is 10.3. The van der Waals surface area contributed by atoms with Crippen LogP contribution in [0.4, 0.5) is 4.39 Å². The lowest BCUT2D eigenvalue weighted by Crippen LogP contribution is -2.43. The van der Waals surface area contributed by atoms with Gasteiger partial charge in [-0.15, -0.1) is 0 Å². The lowest BCUT2D eigenvalue weighted by atomic mass is 10.0. The Morgan fingerprint density at radius 3 is 2.28 bits per heavy atom. The topological polar surface area (TPSA) is 49.4 Å². The van der Waals surface area contributed by atoms with Crippen LogP contribution in [-0.4, -0.2) is 23.3 Å². The van der Waals surface area contributed by atoms with Crippen molar-refractivity contribution in [3.05, 3.63) is 71.5 Å². The van der Waals surface area contributed by atoms with E-state index in [9.17, 15) is 14.0 Å². The molecule has 0 aliphatic heterocycles. The Balaban J connectivity index is 2.35. The minimum Gasteiger partial charge on any atom is -0.354 e. The molecule has 0 bridgehead atoms. The number of hydrogen-bond acceptors (Lipinski definition) is 2. The molecule has 0 heterocycles. The Morgan fingerprint density at radius 2 is 1.69 bits per heavy atom. The van der Waals surface area contributed by atoms with Crippen molar-refractivity contribution >= 4 is 11.8 Å². The summed E-state index contributed by atoms with van der Waals surface area (Å²) in [5, 5.41) is 2.99. The van der Waals surface area contributed by atoms with E-state index in [1.807, 2.05) is 37.3 Å². The Bertz CT molecular complexity index is 775. The van der Waals surface area contributed by atoms with E-state index in [0.717, 1.165) is 17.5 Å². The molecule has 5 heteroatoms. The van der Waals surface area contributed by atoms with Crippen LogP contribution >= 0.6 is 0 Å². The number of hydrogen-bond donors (Lipinski definition) is 1. The second-order valence-corrected chi connectivity index (χ2v) is 7.68. The van der Waals surface area contributed by atoms with Crippen LogP contribution in [0.25, 0.3) is 0 Å². The lowest BCUT2D eigenvalue weighted by molar-refractivity contribution is -0.141. The molecule has 0 spiro atoms. The summed E-state index contributed by atoms with van der Waals surface area (Å²) in [5.41, 5.74) is 1.55. The SMILES string of the molecule is CCCC(=O)N(Cc1ccc(F)cc1)[C@@H](C(=O)NCCC(C)C)c1ccccc1. The van der Waals surface area contributed by atoms with Gasteiger partial charge in [-0.25, -0.2) is 4.39 Å². The zero-order valence-electron chi connectivity index (χ0n) is 17.5. The summed E-state index contributed by atoms with van der Waals surface area (Å²) >= 11 is 0. The quantitative estimate of drug-likeness (QED) is 0.621. The van der Waals surface area contributed by atoms with Crippen LogP contribution < -0.4 is 5.32 Å². The molecule has 2 amide bonds. The molecule has 0 aliphatic rings. The first-order chi connectivity index (χ1) is 13.9. The minimum absolute atomic E-state index is 0.0929. The number of amides is 2. The Kier molecular flexibility index (Phi) is 8.84. The Hall–Kier alpha value is -2.69. The number of carbonyl (C=O) groups is 2. The molecule has 0 aliphatic carbocycles. The van der Waals surface area contributed by atoms with Crippen molar-refractivity contribution in [2.45, 2.75) is 52.6 Å². The van der Waals surface area contributed by atoms with Gasteiger partial charge in [-0.05, 0) is 42.0 Å². The third-order valence-corrected chi connectivity index (χ3v) is 4.75. The van der Waals surface area contributed by atoms with E-state index in [2.05, 4.69) is 19.2 Å². The minimum atomic E-state index is -0.729. The summed E-state index contributed by atoms with van der Waals surface area (Å²) in [4.78, 5) is 27.8. The van der Waals surface area contributed by atoms with Crippen LogP contribution in [0.2, 0.25) is 0 Å². The average molecular weight is 399 g/mol. The van der Waals surface area contributed by atoms with Gasteiger partial charge in [0.25, 0.3) is 0 Å². The van der Waals surface area contributed by atoms with E-state index >= 15 is 0 Å². The van der Waals surface area contributed by atoms with Gasteiger partial charge in [0.1, 0.15) is 11.9 Å². The van der Waals surface area contributed by atoms with E-state index in [0.29, 0.717) is 25.3 Å². The molecule has 2 rings (SSSR count). The van der Waals surface area contributed by atoms with Gasteiger partial charge in [-0.1, -0.05) is 63.2 Å². The third kappa shape index (κ3) is 7.00. The molecule has 0 unspecified atom stereocenters. The summed E-state index contributed by atoms with van der Waals surface area (Å²) in [7, 11) is 0. The molecule has 4 nitrogen and oxygen atoms in total. The van der Waals surface area contributed by atoms with Crippen molar-refractivity contribution in [3.63, 3.8) is 0 Å². The van der Waals surface area contributed by atoms with E-state index in [-0.39, 0.29) is 24.2 Å². The van der Waals surface area contributed by atoms with Gasteiger partial charge in [-0.3, -0.25) is 9.59 Å². The number of benzene rings is 2. The molecule has 1 atom stereocenters. The molecule has 2 aromatic carbocycles. The summed E-state index contributed by atoms with van der Waals surface area (Å²) < 4.78 is 13.3. The summed E-state index contributed by atoms with van der Waals surface area (Å²) in [6.45, 7) is 6.95. The fourth-order valence-electron chi connectivity index (χ4n) is 3.16. The summed E-state index contributed by atoms with van der Waals surface area (Å²) in [6, 6.07) is 14.7. The van der Waals surface area contributed by atoms with E-state index < -0.39 is 6.04 Å². The van der Waals surface area contributed by atoms with Crippen molar-refractivity contribution in [1.82, 2.24) is 10.2 Å². The van der Waals surface area contributed by atoms with E-state index in [1.54, 1.807) is 17.0 Å². The van der Waals surface area contributed by atoms with Crippen molar-refractivity contribution in [1.29, 1.82) is 0 Å². The Morgan fingerprint density at radius 1 is 1.03 bits per heavy atom. The van der Waals surface area contributed by atoms with Crippen LogP contribution in [-0.2, 0) is 16.1 Å². The molecule has 156 valence electrons. The first kappa shape index (κ1) is 22.6. The molecule has 0 fully saturated rings. The standard InChI is InChI=1S/C24H31FN2O2/c1-4-8-22(28)27(17-19-11-13-21(25)14-12-19)23(20-9-6-5-7-10-20)24(29)26-16-15-18(2)3/h5-7,9-14,18,23H,4,8,15-17H2,1-3H3,(H,26,29)/t23-/m1/s1. The molecule has 0 saturated carbocycles.